The minimum absolute atomic E-state index is 0.0651. The van der Waals surface area contributed by atoms with E-state index in [1.54, 1.807) is 32.9 Å². The Labute approximate surface area is 196 Å². The summed E-state index contributed by atoms with van der Waals surface area (Å²) in [4.78, 5) is 18.0. The minimum Gasteiger partial charge on any atom is -0.338 e. The number of carbonyl (C=O) groups is 1. The fourth-order valence-electron chi connectivity index (χ4n) is 2.98. The van der Waals surface area contributed by atoms with Crippen molar-refractivity contribution in [2.75, 3.05) is 18.4 Å². The summed E-state index contributed by atoms with van der Waals surface area (Å²) in [6, 6.07) is 11.3. The minimum atomic E-state index is -3.69. The highest BCUT2D eigenvalue weighted by atomic mass is 35.5. The highest BCUT2D eigenvalue weighted by Crippen LogP contribution is 2.30. The van der Waals surface area contributed by atoms with Gasteiger partial charge >= 0.3 is 0 Å². The molecule has 0 fully saturated rings. The van der Waals surface area contributed by atoms with Gasteiger partial charge in [0.2, 0.25) is 15.9 Å². The average molecular weight is 495 g/mol. The fraction of sp³-hybridized carbons (Fsp3) is 0.286. The van der Waals surface area contributed by atoms with Crippen LogP contribution in [0.1, 0.15) is 35.9 Å². The maximum absolute atomic E-state index is 13.0. The summed E-state index contributed by atoms with van der Waals surface area (Å²) < 4.78 is 32.1. The number of aromatic nitrogens is 2. The van der Waals surface area contributed by atoms with Gasteiger partial charge in [-0.15, -0.1) is 11.8 Å². The van der Waals surface area contributed by atoms with Crippen LogP contribution in [0.2, 0.25) is 5.02 Å². The first-order valence-corrected chi connectivity index (χ1v) is 12.7. The molecule has 0 aliphatic carbocycles. The topological polar surface area (TPSA) is 105 Å². The third-order valence-electron chi connectivity index (χ3n) is 4.58. The van der Waals surface area contributed by atoms with Crippen molar-refractivity contribution in [3.05, 3.63) is 64.8 Å². The van der Waals surface area contributed by atoms with E-state index < -0.39 is 15.9 Å². The van der Waals surface area contributed by atoms with Crippen LogP contribution < -0.4 is 5.32 Å². The van der Waals surface area contributed by atoms with E-state index in [4.69, 9.17) is 16.1 Å². The van der Waals surface area contributed by atoms with Crippen molar-refractivity contribution in [3.8, 4) is 0 Å². The molecule has 0 saturated heterocycles. The van der Waals surface area contributed by atoms with E-state index in [1.807, 2.05) is 12.1 Å². The van der Waals surface area contributed by atoms with E-state index in [1.165, 1.54) is 34.3 Å². The van der Waals surface area contributed by atoms with E-state index in [0.717, 1.165) is 0 Å². The Morgan fingerprint density at radius 1 is 1.19 bits per heavy atom. The average Bonchev–Trinajstić information content (AvgIpc) is 3.19. The molecule has 0 bridgehead atoms. The number of aryl methyl sites for hydroxylation is 1. The standard InChI is InChI=1S/C21H23ClN4O4S2/c1-4-26(5-2)32(28,29)15-10-11-17(22)18(12-15)24-21(27)16-8-6-7-9-19(16)31-13-20-23-14(3)25-30-20/h6-12H,4-5,13H2,1-3H3,(H,24,27). The van der Waals surface area contributed by atoms with Gasteiger partial charge in [-0.05, 0) is 37.3 Å². The molecule has 170 valence electrons. The summed E-state index contributed by atoms with van der Waals surface area (Å²) >= 11 is 7.63. The zero-order valence-electron chi connectivity index (χ0n) is 17.8. The molecule has 3 rings (SSSR count). The first kappa shape index (κ1) is 24.2. The molecule has 1 aromatic heterocycles. The molecule has 1 amide bonds. The van der Waals surface area contributed by atoms with Gasteiger partial charge in [0.05, 0.1) is 26.9 Å². The molecular weight excluding hydrogens is 472 g/mol. The number of rotatable bonds is 9. The number of sulfonamides is 1. The van der Waals surface area contributed by atoms with Gasteiger partial charge in [0.15, 0.2) is 5.82 Å². The van der Waals surface area contributed by atoms with Gasteiger partial charge in [-0.1, -0.05) is 42.7 Å². The van der Waals surface area contributed by atoms with E-state index in [9.17, 15) is 13.2 Å². The van der Waals surface area contributed by atoms with Crippen molar-refractivity contribution in [3.63, 3.8) is 0 Å². The summed E-state index contributed by atoms with van der Waals surface area (Å²) in [5.41, 5.74) is 0.638. The summed E-state index contributed by atoms with van der Waals surface area (Å²) in [6.45, 7) is 5.95. The Morgan fingerprint density at radius 3 is 2.56 bits per heavy atom. The van der Waals surface area contributed by atoms with Crippen LogP contribution in [0.3, 0.4) is 0 Å². The van der Waals surface area contributed by atoms with Crippen LogP contribution in [0.25, 0.3) is 0 Å². The summed E-state index contributed by atoms with van der Waals surface area (Å²) in [5.74, 6) is 0.999. The smallest absolute Gasteiger partial charge is 0.256 e. The van der Waals surface area contributed by atoms with Crippen molar-refractivity contribution in [1.82, 2.24) is 14.4 Å². The first-order chi connectivity index (χ1) is 15.3. The molecule has 0 aliphatic rings. The zero-order valence-corrected chi connectivity index (χ0v) is 20.2. The maximum Gasteiger partial charge on any atom is 0.256 e. The molecular formula is C21H23ClN4O4S2. The molecule has 1 heterocycles. The van der Waals surface area contributed by atoms with E-state index in [0.29, 0.717) is 41.0 Å². The van der Waals surface area contributed by atoms with E-state index in [2.05, 4.69) is 15.5 Å². The second-order valence-corrected chi connectivity index (χ2v) is 10.1. The molecule has 0 saturated carbocycles. The third-order valence-corrected chi connectivity index (χ3v) is 8.02. The number of hydrogen-bond donors (Lipinski definition) is 1. The molecule has 1 N–H and O–H groups in total. The van der Waals surface area contributed by atoms with Crippen LogP contribution in [0.4, 0.5) is 5.69 Å². The van der Waals surface area contributed by atoms with Gasteiger partial charge < -0.3 is 9.84 Å². The number of thioether (sulfide) groups is 1. The van der Waals surface area contributed by atoms with Gasteiger partial charge in [-0.2, -0.15) is 9.29 Å². The molecule has 8 nitrogen and oxygen atoms in total. The lowest BCUT2D eigenvalue weighted by Crippen LogP contribution is -2.30. The number of hydrogen-bond acceptors (Lipinski definition) is 7. The Morgan fingerprint density at radius 2 is 1.91 bits per heavy atom. The molecule has 3 aromatic rings. The highest BCUT2D eigenvalue weighted by Gasteiger charge is 2.23. The van der Waals surface area contributed by atoms with Gasteiger partial charge in [-0.3, -0.25) is 4.79 Å². The molecule has 0 unspecified atom stereocenters. The SMILES string of the molecule is CCN(CC)S(=O)(=O)c1ccc(Cl)c(NC(=O)c2ccccc2SCc2nc(C)no2)c1. The second kappa shape index (κ2) is 10.5. The fourth-order valence-corrected chi connectivity index (χ4v) is 5.52. The quantitative estimate of drug-likeness (QED) is 0.433. The molecule has 0 radical (unpaired) electrons. The number of amides is 1. The predicted molar refractivity (Wildman–Crippen MR) is 125 cm³/mol. The third kappa shape index (κ3) is 5.50. The van der Waals surface area contributed by atoms with Crippen LogP contribution in [0, 0.1) is 6.92 Å². The van der Waals surface area contributed by atoms with Crippen molar-refractivity contribution in [1.29, 1.82) is 0 Å². The van der Waals surface area contributed by atoms with Crippen molar-refractivity contribution >= 4 is 45.0 Å². The molecule has 0 spiro atoms. The molecule has 0 atom stereocenters. The van der Waals surface area contributed by atoms with E-state index >= 15 is 0 Å². The van der Waals surface area contributed by atoms with Gasteiger partial charge in [0.25, 0.3) is 5.91 Å². The number of halogens is 1. The number of nitrogens with one attached hydrogen (secondary N) is 1. The highest BCUT2D eigenvalue weighted by molar-refractivity contribution is 7.98. The Balaban J connectivity index is 1.83. The molecule has 11 heteroatoms. The Hall–Kier alpha value is -2.40. The second-order valence-electron chi connectivity index (χ2n) is 6.71. The number of benzene rings is 2. The van der Waals surface area contributed by atoms with E-state index in [-0.39, 0.29) is 15.6 Å². The lowest BCUT2D eigenvalue weighted by molar-refractivity contribution is 0.102. The van der Waals surface area contributed by atoms with Crippen LogP contribution in [-0.4, -0.2) is 41.9 Å². The summed E-state index contributed by atoms with van der Waals surface area (Å²) in [7, 11) is -3.69. The van der Waals surface area contributed by atoms with Gasteiger partial charge in [0.1, 0.15) is 0 Å². The monoisotopic (exact) mass is 494 g/mol. The van der Waals surface area contributed by atoms with Crippen LogP contribution in [0.5, 0.6) is 0 Å². The molecule has 32 heavy (non-hydrogen) atoms. The first-order valence-electron chi connectivity index (χ1n) is 9.88. The number of anilines is 1. The van der Waals surface area contributed by atoms with Gasteiger partial charge in [0, 0.05) is 18.0 Å². The summed E-state index contributed by atoms with van der Waals surface area (Å²) in [5, 5.41) is 6.74. The number of carbonyl (C=O) groups excluding carboxylic acids is 1. The number of nitrogens with zero attached hydrogens (tertiary/aromatic N) is 3. The molecule has 2 aromatic carbocycles. The van der Waals surface area contributed by atoms with Crippen molar-refractivity contribution in [2.24, 2.45) is 0 Å². The summed E-state index contributed by atoms with van der Waals surface area (Å²) in [6.07, 6.45) is 0. The Bertz CT molecular complexity index is 1210. The lowest BCUT2D eigenvalue weighted by atomic mass is 10.2. The molecule has 0 aliphatic heterocycles. The van der Waals surface area contributed by atoms with Crippen LogP contribution in [-0.2, 0) is 15.8 Å². The normalized spacial score (nSPS) is 11.7. The van der Waals surface area contributed by atoms with Crippen molar-refractivity contribution in [2.45, 2.75) is 36.3 Å². The van der Waals surface area contributed by atoms with Crippen LogP contribution in [0.15, 0.2) is 56.8 Å². The largest absolute Gasteiger partial charge is 0.338 e. The van der Waals surface area contributed by atoms with Crippen LogP contribution >= 0.6 is 23.4 Å². The predicted octanol–water partition coefficient (Wildman–Crippen LogP) is 4.61. The maximum atomic E-state index is 13.0. The van der Waals surface area contributed by atoms with Crippen molar-refractivity contribution < 1.29 is 17.7 Å². The lowest BCUT2D eigenvalue weighted by Gasteiger charge is -2.19. The van der Waals surface area contributed by atoms with Gasteiger partial charge in [-0.25, -0.2) is 8.42 Å². The zero-order chi connectivity index (χ0) is 23.3. The Kier molecular flexibility index (Phi) is 7.94.